The van der Waals surface area contributed by atoms with Crippen LogP contribution in [0.1, 0.15) is 19.4 Å². The second-order valence-corrected chi connectivity index (χ2v) is 3.93. The van der Waals surface area contributed by atoms with Gasteiger partial charge in [-0.15, -0.1) is 12.4 Å². The molecule has 0 saturated carbocycles. The van der Waals surface area contributed by atoms with Gasteiger partial charge in [-0.3, -0.25) is 0 Å². The predicted octanol–water partition coefficient (Wildman–Crippen LogP) is 1.67. The predicted molar refractivity (Wildman–Crippen MR) is 63.7 cm³/mol. The topological polar surface area (TPSA) is 52.0 Å². The fourth-order valence-corrected chi connectivity index (χ4v) is 1.38. The largest absolute Gasteiger partial charge is 0.329 e. The van der Waals surface area contributed by atoms with E-state index in [0.717, 1.165) is 0 Å². The van der Waals surface area contributed by atoms with Gasteiger partial charge in [-0.25, -0.2) is 0 Å². The minimum Gasteiger partial charge on any atom is -0.329 e. The lowest BCUT2D eigenvalue weighted by Crippen LogP contribution is -2.46. The maximum Gasteiger partial charge on any atom is 0.0256 e. The Morgan fingerprint density at radius 3 is 2.14 bits per heavy atom. The number of nitrogens with two attached hydrogens (primary N) is 2. The first-order valence-corrected chi connectivity index (χ1v) is 4.60. The van der Waals surface area contributed by atoms with Gasteiger partial charge in [0.1, 0.15) is 0 Å². The van der Waals surface area contributed by atoms with Crippen LogP contribution < -0.4 is 11.5 Å². The van der Waals surface area contributed by atoms with E-state index in [1.54, 1.807) is 0 Å². The number of benzene rings is 1. The van der Waals surface area contributed by atoms with E-state index in [-0.39, 0.29) is 23.9 Å². The normalized spacial score (nSPS) is 13.1. The van der Waals surface area contributed by atoms with Crippen molar-refractivity contribution in [1.29, 1.82) is 0 Å². The highest BCUT2D eigenvalue weighted by molar-refractivity contribution is 5.85. The average Bonchev–Trinajstić information content (AvgIpc) is 2.18. The summed E-state index contributed by atoms with van der Waals surface area (Å²) >= 11 is 0. The van der Waals surface area contributed by atoms with Crippen LogP contribution in [-0.4, -0.2) is 12.6 Å². The van der Waals surface area contributed by atoms with Crippen LogP contribution in [0.25, 0.3) is 0 Å². The van der Waals surface area contributed by atoms with Crippen molar-refractivity contribution in [1.82, 2.24) is 0 Å². The molecule has 0 aliphatic rings. The van der Waals surface area contributed by atoms with Gasteiger partial charge < -0.3 is 11.5 Å². The number of rotatable bonds is 3. The molecule has 1 unspecified atom stereocenters. The third-order valence-electron chi connectivity index (χ3n) is 2.70. The van der Waals surface area contributed by atoms with Crippen molar-refractivity contribution in [3.8, 4) is 0 Å². The SMILES string of the molecule is CC(C)(c1ccccc1)C(N)CN.Cl. The van der Waals surface area contributed by atoms with Crippen LogP contribution in [0.15, 0.2) is 30.3 Å². The van der Waals surface area contributed by atoms with E-state index in [2.05, 4.69) is 26.0 Å². The maximum atomic E-state index is 5.96. The third-order valence-corrected chi connectivity index (χ3v) is 2.70. The van der Waals surface area contributed by atoms with Crippen LogP contribution in [-0.2, 0) is 5.41 Å². The zero-order chi connectivity index (χ0) is 9.90. The summed E-state index contributed by atoms with van der Waals surface area (Å²) < 4.78 is 0. The molecule has 0 amide bonds. The Hall–Kier alpha value is -0.570. The summed E-state index contributed by atoms with van der Waals surface area (Å²) in [6.07, 6.45) is 0. The molecule has 2 nitrogen and oxygen atoms in total. The van der Waals surface area contributed by atoms with E-state index in [1.807, 2.05) is 18.2 Å². The van der Waals surface area contributed by atoms with Crippen molar-refractivity contribution in [2.45, 2.75) is 25.3 Å². The Bertz CT molecular complexity index is 259. The lowest BCUT2D eigenvalue weighted by Gasteiger charge is -2.31. The lowest BCUT2D eigenvalue weighted by atomic mass is 9.78. The van der Waals surface area contributed by atoms with E-state index in [9.17, 15) is 0 Å². The van der Waals surface area contributed by atoms with Crippen LogP contribution in [0, 0.1) is 0 Å². The number of halogens is 1. The van der Waals surface area contributed by atoms with Crippen LogP contribution in [0.2, 0.25) is 0 Å². The van der Waals surface area contributed by atoms with Gasteiger partial charge in [-0.05, 0) is 5.56 Å². The van der Waals surface area contributed by atoms with Gasteiger partial charge in [0.25, 0.3) is 0 Å². The highest BCUT2D eigenvalue weighted by atomic mass is 35.5. The fourth-order valence-electron chi connectivity index (χ4n) is 1.38. The first-order valence-electron chi connectivity index (χ1n) is 4.60. The summed E-state index contributed by atoms with van der Waals surface area (Å²) in [6, 6.07) is 10.3. The van der Waals surface area contributed by atoms with Crippen LogP contribution in [0.4, 0.5) is 0 Å². The molecular formula is C11H19ClN2. The molecule has 0 spiro atoms. The lowest BCUT2D eigenvalue weighted by molar-refractivity contribution is 0.415. The van der Waals surface area contributed by atoms with Crippen molar-refractivity contribution in [3.63, 3.8) is 0 Å². The highest BCUT2D eigenvalue weighted by Crippen LogP contribution is 2.25. The summed E-state index contributed by atoms with van der Waals surface area (Å²) in [7, 11) is 0. The Labute approximate surface area is 92.1 Å². The van der Waals surface area contributed by atoms with Crippen molar-refractivity contribution >= 4 is 12.4 Å². The van der Waals surface area contributed by atoms with E-state index >= 15 is 0 Å². The Kier molecular flexibility index (Phi) is 5.13. The Morgan fingerprint density at radius 2 is 1.71 bits per heavy atom. The van der Waals surface area contributed by atoms with Gasteiger partial charge in [0.2, 0.25) is 0 Å². The van der Waals surface area contributed by atoms with Crippen molar-refractivity contribution < 1.29 is 0 Å². The summed E-state index contributed by atoms with van der Waals surface area (Å²) in [5, 5.41) is 0. The number of hydrogen-bond donors (Lipinski definition) is 2. The molecular weight excluding hydrogens is 196 g/mol. The number of hydrogen-bond acceptors (Lipinski definition) is 2. The quantitative estimate of drug-likeness (QED) is 0.805. The molecule has 0 aliphatic carbocycles. The molecule has 1 aromatic rings. The van der Waals surface area contributed by atoms with Crippen LogP contribution >= 0.6 is 12.4 Å². The van der Waals surface area contributed by atoms with Gasteiger partial charge in [-0.2, -0.15) is 0 Å². The molecule has 0 aliphatic heterocycles. The monoisotopic (exact) mass is 214 g/mol. The molecule has 1 rings (SSSR count). The molecule has 4 N–H and O–H groups in total. The molecule has 0 fully saturated rings. The van der Waals surface area contributed by atoms with Gasteiger partial charge in [0.05, 0.1) is 0 Å². The molecule has 1 aromatic carbocycles. The van der Waals surface area contributed by atoms with Gasteiger partial charge in [-0.1, -0.05) is 44.2 Å². The van der Waals surface area contributed by atoms with Crippen LogP contribution in [0.3, 0.4) is 0 Å². The standard InChI is InChI=1S/C11H18N2.ClH/c1-11(2,10(13)8-12)9-6-4-3-5-7-9;/h3-7,10H,8,12-13H2,1-2H3;1H. The van der Waals surface area contributed by atoms with Gasteiger partial charge in [0.15, 0.2) is 0 Å². The van der Waals surface area contributed by atoms with Crippen molar-refractivity contribution in [2.24, 2.45) is 11.5 Å². The van der Waals surface area contributed by atoms with E-state index in [0.29, 0.717) is 6.54 Å². The smallest absolute Gasteiger partial charge is 0.0256 e. The molecule has 0 bridgehead atoms. The first kappa shape index (κ1) is 13.4. The molecule has 14 heavy (non-hydrogen) atoms. The summed E-state index contributed by atoms with van der Waals surface area (Å²) in [6.45, 7) is 4.77. The molecule has 1 atom stereocenters. The van der Waals surface area contributed by atoms with Crippen molar-refractivity contribution in [2.75, 3.05) is 6.54 Å². The minimum absolute atomic E-state index is 0. The summed E-state index contributed by atoms with van der Waals surface area (Å²) in [5.74, 6) is 0. The second-order valence-electron chi connectivity index (χ2n) is 3.93. The van der Waals surface area contributed by atoms with Crippen molar-refractivity contribution in [3.05, 3.63) is 35.9 Å². The van der Waals surface area contributed by atoms with Gasteiger partial charge >= 0.3 is 0 Å². The highest BCUT2D eigenvalue weighted by Gasteiger charge is 2.26. The summed E-state index contributed by atoms with van der Waals surface area (Å²) in [4.78, 5) is 0. The summed E-state index contributed by atoms with van der Waals surface area (Å²) in [5.41, 5.74) is 12.7. The van der Waals surface area contributed by atoms with E-state index < -0.39 is 0 Å². The van der Waals surface area contributed by atoms with Crippen LogP contribution in [0.5, 0.6) is 0 Å². The Balaban J connectivity index is 0.00000169. The molecule has 0 heterocycles. The zero-order valence-electron chi connectivity index (χ0n) is 8.73. The molecule has 0 radical (unpaired) electrons. The maximum absolute atomic E-state index is 5.96. The second kappa shape index (κ2) is 5.35. The minimum atomic E-state index is -0.0456. The first-order chi connectivity index (χ1) is 6.09. The average molecular weight is 215 g/mol. The van der Waals surface area contributed by atoms with Gasteiger partial charge in [0, 0.05) is 18.0 Å². The molecule has 80 valence electrons. The van der Waals surface area contributed by atoms with E-state index in [1.165, 1.54) is 5.56 Å². The zero-order valence-corrected chi connectivity index (χ0v) is 9.55. The molecule has 0 saturated heterocycles. The molecule has 0 aromatic heterocycles. The Morgan fingerprint density at radius 1 is 1.21 bits per heavy atom. The van der Waals surface area contributed by atoms with E-state index in [4.69, 9.17) is 11.5 Å². The molecule has 3 heteroatoms. The third kappa shape index (κ3) is 2.71. The fraction of sp³-hybridized carbons (Fsp3) is 0.455.